The Bertz CT molecular complexity index is 821. The molecule has 0 saturated carbocycles. The van der Waals surface area contributed by atoms with Gasteiger partial charge < -0.3 is 4.74 Å². The van der Waals surface area contributed by atoms with Gasteiger partial charge in [0.15, 0.2) is 6.29 Å². The average Bonchev–Trinajstić information content (AvgIpc) is 2.54. The zero-order valence-corrected chi connectivity index (χ0v) is 12.1. The SMILES string of the molecule is O=Cc1cnc2c(c1)N(S(=O)(=O)c1ccc(F)cc1)CCO2. The molecule has 0 aliphatic carbocycles. The van der Waals surface area contributed by atoms with Crippen molar-refractivity contribution >= 4 is 22.0 Å². The Morgan fingerprint density at radius 1 is 1.27 bits per heavy atom. The molecule has 1 aromatic heterocycles. The topological polar surface area (TPSA) is 76.6 Å². The van der Waals surface area contributed by atoms with Crippen LogP contribution in [0.15, 0.2) is 41.4 Å². The van der Waals surface area contributed by atoms with Crippen molar-refractivity contribution in [3.8, 4) is 5.88 Å². The Morgan fingerprint density at radius 3 is 2.68 bits per heavy atom. The Morgan fingerprint density at radius 2 is 2.00 bits per heavy atom. The van der Waals surface area contributed by atoms with Gasteiger partial charge in [0.1, 0.15) is 18.1 Å². The van der Waals surface area contributed by atoms with Crippen molar-refractivity contribution in [1.29, 1.82) is 0 Å². The van der Waals surface area contributed by atoms with Crippen LogP contribution in [0.25, 0.3) is 0 Å². The van der Waals surface area contributed by atoms with Gasteiger partial charge in [0.2, 0.25) is 5.88 Å². The van der Waals surface area contributed by atoms with Crippen LogP contribution in [0.2, 0.25) is 0 Å². The molecule has 0 saturated heterocycles. The Labute approximate surface area is 126 Å². The van der Waals surface area contributed by atoms with Gasteiger partial charge in [-0.25, -0.2) is 17.8 Å². The molecule has 6 nitrogen and oxygen atoms in total. The van der Waals surface area contributed by atoms with Crippen molar-refractivity contribution in [2.24, 2.45) is 0 Å². The highest BCUT2D eigenvalue weighted by Gasteiger charge is 2.31. The second kappa shape index (κ2) is 5.38. The van der Waals surface area contributed by atoms with E-state index in [1.54, 1.807) is 0 Å². The number of ether oxygens (including phenoxy) is 1. The van der Waals surface area contributed by atoms with E-state index in [2.05, 4.69) is 4.98 Å². The van der Waals surface area contributed by atoms with Gasteiger partial charge in [0, 0.05) is 11.8 Å². The smallest absolute Gasteiger partial charge is 0.264 e. The molecule has 1 aromatic carbocycles. The molecule has 114 valence electrons. The number of carbonyl (C=O) groups is 1. The molecule has 2 aromatic rings. The second-order valence-corrected chi connectivity index (χ2v) is 6.45. The molecule has 8 heteroatoms. The minimum absolute atomic E-state index is 0.0433. The Balaban J connectivity index is 2.10. The highest BCUT2D eigenvalue weighted by atomic mass is 32.2. The summed E-state index contributed by atoms with van der Waals surface area (Å²) in [6, 6.07) is 5.94. The molecule has 0 unspecified atom stereocenters. The number of pyridine rings is 1. The largest absolute Gasteiger partial charge is 0.474 e. The summed E-state index contributed by atoms with van der Waals surface area (Å²) in [4.78, 5) is 14.8. The summed E-state index contributed by atoms with van der Waals surface area (Å²) in [5.74, 6) is -0.381. The van der Waals surface area contributed by atoms with E-state index >= 15 is 0 Å². The van der Waals surface area contributed by atoms with Gasteiger partial charge in [-0.05, 0) is 30.3 Å². The van der Waals surface area contributed by atoms with Gasteiger partial charge in [0.05, 0.1) is 11.4 Å². The summed E-state index contributed by atoms with van der Waals surface area (Å²) < 4.78 is 44.8. The van der Waals surface area contributed by atoms with Crippen LogP contribution < -0.4 is 9.04 Å². The van der Waals surface area contributed by atoms with E-state index in [-0.39, 0.29) is 35.2 Å². The third-order valence-corrected chi connectivity index (χ3v) is 5.02. The van der Waals surface area contributed by atoms with Crippen molar-refractivity contribution in [1.82, 2.24) is 4.98 Å². The van der Waals surface area contributed by atoms with Crippen LogP contribution in [-0.4, -0.2) is 32.8 Å². The molecule has 1 aliphatic rings. The minimum Gasteiger partial charge on any atom is -0.474 e. The number of rotatable bonds is 3. The maximum Gasteiger partial charge on any atom is 0.264 e. The predicted octanol–water partition coefficient (Wildman–Crippen LogP) is 1.62. The summed E-state index contributed by atoms with van der Waals surface area (Å²) in [5.41, 5.74) is 0.434. The quantitative estimate of drug-likeness (QED) is 0.803. The molecule has 0 spiro atoms. The summed E-state index contributed by atoms with van der Waals surface area (Å²) in [7, 11) is -3.89. The van der Waals surface area contributed by atoms with Crippen molar-refractivity contribution < 1.29 is 22.3 Å². The van der Waals surface area contributed by atoms with Crippen molar-refractivity contribution in [3.05, 3.63) is 47.9 Å². The Kier molecular flexibility index (Phi) is 3.53. The van der Waals surface area contributed by atoms with E-state index < -0.39 is 15.8 Å². The lowest BCUT2D eigenvalue weighted by Gasteiger charge is -2.29. The molecule has 0 bridgehead atoms. The maximum absolute atomic E-state index is 13.0. The Hall–Kier alpha value is -2.48. The number of aldehydes is 1. The van der Waals surface area contributed by atoms with Gasteiger partial charge in [-0.3, -0.25) is 9.10 Å². The maximum atomic E-state index is 13.0. The number of hydrogen-bond acceptors (Lipinski definition) is 5. The van der Waals surface area contributed by atoms with E-state index in [9.17, 15) is 17.6 Å². The molecule has 1 aliphatic heterocycles. The van der Waals surface area contributed by atoms with Gasteiger partial charge >= 0.3 is 0 Å². The molecule has 0 radical (unpaired) electrons. The van der Waals surface area contributed by atoms with Gasteiger partial charge in [-0.15, -0.1) is 0 Å². The fourth-order valence-corrected chi connectivity index (χ4v) is 3.58. The zero-order chi connectivity index (χ0) is 15.7. The van der Waals surface area contributed by atoms with E-state index in [4.69, 9.17) is 4.74 Å². The number of anilines is 1. The van der Waals surface area contributed by atoms with Crippen molar-refractivity contribution in [3.63, 3.8) is 0 Å². The van der Waals surface area contributed by atoms with Crippen LogP contribution in [-0.2, 0) is 10.0 Å². The number of halogens is 1. The number of aromatic nitrogens is 1. The van der Waals surface area contributed by atoms with Gasteiger partial charge in [0.25, 0.3) is 10.0 Å². The monoisotopic (exact) mass is 322 g/mol. The van der Waals surface area contributed by atoms with E-state index in [1.807, 2.05) is 0 Å². The second-order valence-electron chi connectivity index (χ2n) is 4.59. The fourth-order valence-electron chi connectivity index (χ4n) is 2.14. The number of carbonyl (C=O) groups excluding carboxylic acids is 1. The molecule has 0 fully saturated rings. The van der Waals surface area contributed by atoms with Crippen LogP contribution in [0.1, 0.15) is 10.4 Å². The van der Waals surface area contributed by atoms with Crippen molar-refractivity contribution in [2.45, 2.75) is 4.90 Å². The number of hydrogen-bond donors (Lipinski definition) is 0. The van der Waals surface area contributed by atoms with Crippen LogP contribution in [0.5, 0.6) is 5.88 Å². The van der Waals surface area contributed by atoms with Crippen LogP contribution >= 0.6 is 0 Å². The first-order valence-electron chi connectivity index (χ1n) is 6.39. The number of benzene rings is 1. The lowest BCUT2D eigenvalue weighted by atomic mass is 10.2. The third-order valence-electron chi connectivity index (χ3n) is 3.19. The molecular weight excluding hydrogens is 311 g/mol. The standard InChI is InChI=1S/C14H11FN2O4S/c15-11-1-3-12(4-2-11)22(19,20)17-5-6-21-14-13(17)7-10(9-18)8-16-14/h1-4,7-9H,5-6H2. The summed E-state index contributed by atoms with van der Waals surface area (Å²) in [5, 5.41) is 0. The summed E-state index contributed by atoms with van der Waals surface area (Å²) in [6.07, 6.45) is 1.88. The van der Waals surface area contributed by atoms with Crippen LogP contribution in [0, 0.1) is 5.82 Å². The highest BCUT2D eigenvalue weighted by Crippen LogP contribution is 2.33. The van der Waals surface area contributed by atoms with Crippen LogP contribution in [0.3, 0.4) is 0 Å². The molecule has 2 heterocycles. The summed E-state index contributed by atoms with van der Waals surface area (Å²) in [6.45, 7) is 0.220. The molecule has 0 amide bonds. The first-order chi connectivity index (χ1) is 10.5. The molecule has 3 rings (SSSR count). The third kappa shape index (κ3) is 2.41. The number of sulfonamides is 1. The fraction of sp³-hybridized carbons (Fsp3) is 0.143. The highest BCUT2D eigenvalue weighted by molar-refractivity contribution is 7.92. The first kappa shape index (κ1) is 14.5. The predicted molar refractivity (Wildman–Crippen MR) is 76.1 cm³/mol. The van der Waals surface area contributed by atoms with E-state index in [0.29, 0.717) is 6.29 Å². The number of nitrogens with zero attached hydrogens (tertiary/aromatic N) is 2. The van der Waals surface area contributed by atoms with E-state index in [0.717, 1.165) is 16.4 Å². The van der Waals surface area contributed by atoms with Gasteiger partial charge in [-0.1, -0.05) is 0 Å². The minimum atomic E-state index is -3.89. The van der Waals surface area contributed by atoms with Crippen molar-refractivity contribution in [2.75, 3.05) is 17.5 Å². The van der Waals surface area contributed by atoms with Crippen LogP contribution in [0.4, 0.5) is 10.1 Å². The first-order valence-corrected chi connectivity index (χ1v) is 7.83. The number of fused-ring (bicyclic) bond motifs is 1. The molecule has 0 atom stereocenters. The summed E-state index contributed by atoms with van der Waals surface area (Å²) >= 11 is 0. The average molecular weight is 322 g/mol. The van der Waals surface area contributed by atoms with Gasteiger partial charge in [-0.2, -0.15) is 0 Å². The lowest BCUT2D eigenvalue weighted by Crippen LogP contribution is -2.38. The molecular formula is C14H11FN2O4S. The zero-order valence-electron chi connectivity index (χ0n) is 11.3. The molecule has 22 heavy (non-hydrogen) atoms. The normalized spacial score (nSPS) is 14.1. The molecule has 0 N–H and O–H groups in total. The van der Waals surface area contributed by atoms with E-state index in [1.165, 1.54) is 24.4 Å². The lowest BCUT2D eigenvalue weighted by molar-refractivity contribution is 0.112.